The molecule has 0 spiro atoms. The Labute approximate surface area is 118 Å². The number of hydrogen-bond donors (Lipinski definition) is 1. The largest absolute Gasteiger partial charge is 0.393 e. The van der Waals surface area contributed by atoms with Gasteiger partial charge in [-0.3, -0.25) is 4.98 Å². The minimum atomic E-state index is -0.174. The smallest absolute Gasteiger partial charge is 0.132 e. The first kappa shape index (κ1) is 13.0. The van der Waals surface area contributed by atoms with E-state index in [0.717, 1.165) is 48.8 Å². The summed E-state index contributed by atoms with van der Waals surface area (Å²) in [5.41, 5.74) is 1.89. The molecule has 104 valence electrons. The number of aliphatic hydroxyl groups is 1. The highest BCUT2D eigenvalue weighted by Gasteiger charge is 2.19. The Bertz CT molecular complexity index is 580. The van der Waals surface area contributed by atoms with Gasteiger partial charge in [0.05, 0.1) is 11.8 Å². The minimum Gasteiger partial charge on any atom is -0.393 e. The predicted molar refractivity (Wildman–Crippen MR) is 77.5 cm³/mol. The van der Waals surface area contributed by atoms with E-state index in [4.69, 9.17) is 0 Å². The second-order valence-electron chi connectivity index (χ2n) is 5.12. The van der Waals surface area contributed by atoms with Gasteiger partial charge in [0.2, 0.25) is 0 Å². The molecule has 3 rings (SSSR count). The van der Waals surface area contributed by atoms with Crippen molar-refractivity contribution < 1.29 is 5.11 Å². The van der Waals surface area contributed by atoms with E-state index < -0.39 is 0 Å². The average Bonchev–Trinajstić information content (AvgIpc) is 2.48. The van der Waals surface area contributed by atoms with Crippen molar-refractivity contribution in [1.29, 1.82) is 0 Å². The fraction of sp³-hybridized carbons (Fsp3) is 0.400. The van der Waals surface area contributed by atoms with Gasteiger partial charge in [0.1, 0.15) is 11.6 Å². The summed E-state index contributed by atoms with van der Waals surface area (Å²) in [5, 5.41) is 9.59. The molecule has 2 aromatic heterocycles. The zero-order valence-corrected chi connectivity index (χ0v) is 11.5. The van der Waals surface area contributed by atoms with Crippen molar-refractivity contribution in [1.82, 2.24) is 15.0 Å². The second kappa shape index (κ2) is 5.54. The van der Waals surface area contributed by atoms with Crippen molar-refractivity contribution in [3.8, 4) is 11.3 Å². The first-order valence-corrected chi connectivity index (χ1v) is 6.91. The van der Waals surface area contributed by atoms with Crippen LogP contribution in [0.25, 0.3) is 11.3 Å². The van der Waals surface area contributed by atoms with Gasteiger partial charge < -0.3 is 10.0 Å². The van der Waals surface area contributed by atoms with Gasteiger partial charge in [-0.15, -0.1) is 0 Å². The molecule has 0 radical (unpaired) electrons. The van der Waals surface area contributed by atoms with E-state index in [1.54, 1.807) is 6.20 Å². The number of rotatable bonds is 2. The third kappa shape index (κ3) is 2.77. The monoisotopic (exact) mass is 270 g/mol. The molecule has 0 atom stereocenters. The zero-order chi connectivity index (χ0) is 13.9. The molecule has 0 aliphatic carbocycles. The van der Waals surface area contributed by atoms with Gasteiger partial charge >= 0.3 is 0 Å². The summed E-state index contributed by atoms with van der Waals surface area (Å²) < 4.78 is 0. The molecule has 1 saturated heterocycles. The van der Waals surface area contributed by atoms with E-state index in [2.05, 4.69) is 19.9 Å². The summed E-state index contributed by atoms with van der Waals surface area (Å²) in [5.74, 6) is 1.69. The van der Waals surface area contributed by atoms with Crippen LogP contribution >= 0.6 is 0 Å². The van der Waals surface area contributed by atoms with Crippen molar-refractivity contribution in [2.75, 3.05) is 18.0 Å². The van der Waals surface area contributed by atoms with Gasteiger partial charge in [-0.05, 0) is 31.9 Å². The lowest BCUT2D eigenvalue weighted by molar-refractivity contribution is 0.145. The van der Waals surface area contributed by atoms with Gasteiger partial charge in [-0.25, -0.2) is 9.97 Å². The van der Waals surface area contributed by atoms with E-state index >= 15 is 0 Å². The number of pyridine rings is 1. The van der Waals surface area contributed by atoms with Gasteiger partial charge in [-0.2, -0.15) is 0 Å². The Kier molecular flexibility index (Phi) is 3.60. The van der Waals surface area contributed by atoms with Crippen LogP contribution in [0, 0.1) is 6.92 Å². The summed E-state index contributed by atoms with van der Waals surface area (Å²) in [7, 11) is 0. The van der Waals surface area contributed by atoms with Crippen LogP contribution in [0.1, 0.15) is 18.7 Å². The lowest BCUT2D eigenvalue weighted by Crippen LogP contribution is -2.36. The van der Waals surface area contributed by atoms with Gasteiger partial charge in [-0.1, -0.05) is 0 Å². The summed E-state index contributed by atoms with van der Waals surface area (Å²) in [6.45, 7) is 3.58. The number of piperidine rings is 1. The highest BCUT2D eigenvalue weighted by molar-refractivity contribution is 5.62. The Hall–Kier alpha value is -2.01. The van der Waals surface area contributed by atoms with Crippen LogP contribution in [0.2, 0.25) is 0 Å². The highest BCUT2D eigenvalue weighted by Crippen LogP contribution is 2.23. The molecular formula is C15H18N4O. The van der Waals surface area contributed by atoms with Crippen LogP contribution < -0.4 is 4.90 Å². The van der Waals surface area contributed by atoms with Crippen molar-refractivity contribution in [3.63, 3.8) is 0 Å². The molecule has 1 N–H and O–H groups in total. The van der Waals surface area contributed by atoms with Gasteiger partial charge in [0, 0.05) is 37.1 Å². The van der Waals surface area contributed by atoms with Gasteiger partial charge in [0.15, 0.2) is 0 Å². The SMILES string of the molecule is Cc1nc(-c2cccnc2)cc(N2CCC(O)CC2)n1. The summed E-state index contributed by atoms with van der Waals surface area (Å²) in [4.78, 5) is 15.4. The number of aryl methyl sites for hydroxylation is 1. The maximum absolute atomic E-state index is 9.59. The number of hydrogen-bond acceptors (Lipinski definition) is 5. The maximum Gasteiger partial charge on any atom is 0.132 e. The Morgan fingerprint density at radius 1 is 1.25 bits per heavy atom. The van der Waals surface area contributed by atoms with E-state index in [9.17, 15) is 5.11 Å². The number of aromatic nitrogens is 3. The van der Waals surface area contributed by atoms with E-state index in [1.165, 1.54) is 0 Å². The quantitative estimate of drug-likeness (QED) is 0.901. The van der Waals surface area contributed by atoms with Crippen LogP contribution in [-0.2, 0) is 0 Å². The molecule has 5 heteroatoms. The Morgan fingerprint density at radius 2 is 2.05 bits per heavy atom. The fourth-order valence-electron chi connectivity index (χ4n) is 2.47. The molecule has 3 heterocycles. The lowest BCUT2D eigenvalue weighted by atomic mass is 10.1. The maximum atomic E-state index is 9.59. The fourth-order valence-corrected chi connectivity index (χ4v) is 2.47. The minimum absolute atomic E-state index is 0.174. The van der Waals surface area contributed by atoms with E-state index in [-0.39, 0.29) is 6.10 Å². The average molecular weight is 270 g/mol. The molecule has 2 aromatic rings. The number of aliphatic hydroxyl groups excluding tert-OH is 1. The molecule has 20 heavy (non-hydrogen) atoms. The standard InChI is InChI=1S/C15H18N4O/c1-11-17-14(12-3-2-6-16-10-12)9-15(18-11)19-7-4-13(20)5-8-19/h2-3,6,9-10,13,20H,4-5,7-8H2,1H3. The molecule has 1 aliphatic rings. The van der Waals surface area contributed by atoms with Crippen molar-refractivity contribution in [2.45, 2.75) is 25.9 Å². The van der Waals surface area contributed by atoms with Crippen LogP contribution in [0.5, 0.6) is 0 Å². The van der Waals surface area contributed by atoms with Crippen molar-refractivity contribution >= 4 is 5.82 Å². The zero-order valence-electron chi connectivity index (χ0n) is 11.5. The van der Waals surface area contributed by atoms with Crippen LogP contribution in [-0.4, -0.2) is 39.3 Å². The first-order valence-electron chi connectivity index (χ1n) is 6.91. The van der Waals surface area contributed by atoms with E-state index in [0.29, 0.717) is 0 Å². The second-order valence-corrected chi connectivity index (χ2v) is 5.12. The summed E-state index contributed by atoms with van der Waals surface area (Å²) >= 11 is 0. The Balaban J connectivity index is 1.91. The first-order chi connectivity index (χ1) is 9.72. The molecule has 1 fully saturated rings. The molecule has 1 aliphatic heterocycles. The van der Waals surface area contributed by atoms with Crippen LogP contribution in [0.3, 0.4) is 0 Å². The molecule has 0 saturated carbocycles. The number of anilines is 1. The Morgan fingerprint density at radius 3 is 2.75 bits per heavy atom. The third-order valence-corrected chi connectivity index (χ3v) is 3.57. The van der Waals surface area contributed by atoms with Crippen molar-refractivity contribution in [2.24, 2.45) is 0 Å². The molecule has 0 amide bonds. The lowest BCUT2D eigenvalue weighted by Gasteiger charge is -2.30. The molecule has 5 nitrogen and oxygen atoms in total. The molecular weight excluding hydrogens is 252 g/mol. The molecule has 0 aromatic carbocycles. The normalized spacial score (nSPS) is 16.4. The molecule has 0 unspecified atom stereocenters. The summed E-state index contributed by atoms with van der Waals surface area (Å²) in [6, 6.07) is 5.91. The molecule has 0 bridgehead atoms. The predicted octanol–water partition coefficient (Wildman–Crippen LogP) is 1.81. The van der Waals surface area contributed by atoms with Gasteiger partial charge in [0.25, 0.3) is 0 Å². The van der Waals surface area contributed by atoms with Crippen molar-refractivity contribution in [3.05, 3.63) is 36.4 Å². The number of nitrogens with zero attached hydrogens (tertiary/aromatic N) is 4. The van der Waals surface area contributed by atoms with Crippen LogP contribution in [0.4, 0.5) is 5.82 Å². The topological polar surface area (TPSA) is 62.1 Å². The highest BCUT2D eigenvalue weighted by atomic mass is 16.3. The third-order valence-electron chi connectivity index (χ3n) is 3.57. The summed E-state index contributed by atoms with van der Waals surface area (Å²) in [6.07, 6.45) is 4.99. The van der Waals surface area contributed by atoms with Crippen LogP contribution in [0.15, 0.2) is 30.6 Å². The van der Waals surface area contributed by atoms with E-state index in [1.807, 2.05) is 31.3 Å².